The molecule has 0 saturated heterocycles. The van der Waals surface area contributed by atoms with Crippen molar-refractivity contribution in [3.05, 3.63) is 0 Å². The van der Waals surface area contributed by atoms with Crippen LogP contribution in [0, 0.1) is 0 Å². The lowest BCUT2D eigenvalue weighted by molar-refractivity contribution is -0.160. The van der Waals surface area contributed by atoms with E-state index in [9.17, 15) is 9.59 Å². The van der Waals surface area contributed by atoms with E-state index in [1.54, 1.807) is 20.8 Å². The predicted molar refractivity (Wildman–Crippen MR) is 68.1 cm³/mol. The molecule has 0 aromatic heterocycles. The van der Waals surface area contributed by atoms with Crippen LogP contribution in [0.4, 0.5) is 4.79 Å². The number of esters is 1. The van der Waals surface area contributed by atoms with E-state index in [1.807, 2.05) is 0 Å². The first kappa shape index (κ1) is 17.7. The summed E-state index contributed by atoms with van der Waals surface area (Å²) in [6.07, 6.45) is -0.431. The molecule has 0 aliphatic carbocycles. The minimum absolute atomic E-state index is 0.0716. The highest BCUT2D eigenvalue weighted by Crippen LogP contribution is 2.06. The Bertz CT molecular complexity index is 274. The summed E-state index contributed by atoms with van der Waals surface area (Å²) >= 11 is 0. The molecule has 0 rings (SSSR count). The van der Waals surface area contributed by atoms with Crippen molar-refractivity contribution in [2.45, 2.75) is 32.8 Å². The van der Waals surface area contributed by atoms with Gasteiger partial charge in [0.25, 0.3) is 0 Å². The maximum atomic E-state index is 11.3. The second-order valence-electron chi connectivity index (χ2n) is 4.84. The van der Waals surface area contributed by atoms with Crippen LogP contribution < -0.4 is 5.32 Å². The fraction of sp³-hybridized carbons (Fsp3) is 0.833. The zero-order valence-corrected chi connectivity index (χ0v) is 11.7. The Kier molecular flexibility index (Phi) is 8.90. The fourth-order valence-corrected chi connectivity index (χ4v) is 1.12. The van der Waals surface area contributed by atoms with Crippen LogP contribution in [0.1, 0.15) is 27.2 Å². The van der Waals surface area contributed by atoms with Crippen molar-refractivity contribution in [3.63, 3.8) is 0 Å². The van der Waals surface area contributed by atoms with E-state index in [0.717, 1.165) is 0 Å². The molecule has 7 nitrogen and oxygen atoms in total. The Labute approximate surface area is 113 Å². The van der Waals surface area contributed by atoms with Gasteiger partial charge in [-0.1, -0.05) is 0 Å². The summed E-state index contributed by atoms with van der Waals surface area (Å²) in [6, 6.07) is 0. The highest BCUT2D eigenvalue weighted by Gasteiger charge is 2.15. The van der Waals surface area contributed by atoms with Crippen LogP contribution in [0.5, 0.6) is 0 Å². The van der Waals surface area contributed by atoms with Gasteiger partial charge in [-0.3, -0.25) is 0 Å². The molecule has 0 heterocycles. The van der Waals surface area contributed by atoms with Gasteiger partial charge in [0.15, 0.2) is 0 Å². The van der Waals surface area contributed by atoms with Crippen LogP contribution in [-0.4, -0.2) is 55.7 Å². The Hall–Kier alpha value is -1.34. The average Bonchev–Trinajstić information content (AvgIpc) is 2.24. The largest absolute Gasteiger partial charge is 0.465 e. The maximum absolute atomic E-state index is 11.3. The van der Waals surface area contributed by atoms with Gasteiger partial charge < -0.3 is 24.6 Å². The van der Waals surface area contributed by atoms with Gasteiger partial charge in [0, 0.05) is 19.8 Å². The maximum Gasteiger partial charge on any atom is 0.404 e. The van der Waals surface area contributed by atoms with Crippen molar-refractivity contribution in [2.24, 2.45) is 0 Å². The third-order valence-corrected chi connectivity index (χ3v) is 1.74. The zero-order chi connectivity index (χ0) is 14.7. The minimum Gasteiger partial charge on any atom is -0.465 e. The summed E-state index contributed by atoms with van der Waals surface area (Å²) in [6.45, 7) is 6.74. The molecule has 1 amide bonds. The first-order chi connectivity index (χ1) is 8.81. The lowest BCUT2D eigenvalue weighted by Crippen LogP contribution is -2.27. The van der Waals surface area contributed by atoms with Gasteiger partial charge in [-0.15, -0.1) is 0 Å². The molecule has 0 aliphatic heterocycles. The SMILES string of the molecule is CC(C)(C)OC(=O)COCCCOCCNC(=O)O. The molecule has 0 aromatic carbocycles. The van der Waals surface area contributed by atoms with E-state index in [0.29, 0.717) is 26.2 Å². The van der Waals surface area contributed by atoms with Crippen LogP contribution in [-0.2, 0) is 19.0 Å². The Morgan fingerprint density at radius 2 is 1.74 bits per heavy atom. The Morgan fingerprint density at radius 1 is 1.11 bits per heavy atom. The number of rotatable bonds is 9. The third-order valence-electron chi connectivity index (χ3n) is 1.74. The van der Waals surface area contributed by atoms with E-state index in [-0.39, 0.29) is 19.1 Å². The number of carbonyl (C=O) groups excluding carboxylic acids is 1. The first-order valence-corrected chi connectivity index (χ1v) is 6.15. The first-order valence-electron chi connectivity index (χ1n) is 6.15. The number of hydrogen-bond donors (Lipinski definition) is 2. The summed E-state index contributed by atoms with van der Waals surface area (Å²) in [7, 11) is 0. The number of hydrogen-bond acceptors (Lipinski definition) is 5. The van der Waals surface area contributed by atoms with Crippen molar-refractivity contribution >= 4 is 12.1 Å². The summed E-state index contributed by atoms with van der Waals surface area (Å²) in [4.78, 5) is 21.4. The predicted octanol–water partition coefficient (Wildman–Crippen LogP) is 1.02. The molecule has 0 bridgehead atoms. The van der Waals surface area contributed by atoms with Gasteiger partial charge in [-0.25, -0.2) is 9.59 Å². The minimum atomic E-state index is -1.07. The highest BCUT2D eigenvalue weighted by atomic mass is 16.6. The molecule has 2 N–H and O–H groups in total. The number of carbonyl (C=O) groups is 2. The molecule has 7 heteroatoms. The number of nitrogens with one attached hydrogen (secondary N) is 1. The molecule has 112 valence electrons. The normalized spacial score (nSPS) is 11.1. The van der Waals surface area contributed by atoms with Gasteiger partial charge in [0.05, 0.1) is 6.61 Å². The quantitative estimate of drug-likeness (QED) is 0.482. The van der Waals surface area contributed by atoms with Crippen LogP contribution in [0.2, 0.25) is 0 Å². The van der Waals surface area contributed by atoms with Gasteiger partial charge >= 0.3 is 12.1 Å². The number of carboxylic acid groups (broad SMARTS) is 1. The monoisotopic (exact) mass is 277 g/mol. The highest BCUT2D eigenvalue weighted by molar-refractivity contribution is 5.71. The molecular formula is C12H23NO6. The van der Waals surface area contributed by atoms with Gasteiger partial charge in [0.1, 0.15) is 12.2 Å². The van der Waals surface area contributed by atoms with Crippen LogP contribution in [0.3, 0.4) is 0 Å². The molecule has 0 fully saturated rings. The summed E-state index contributed by atoms with van der Waals surface area (Å²) in [5, 5.41) is 10.5. The van der Waals surface area contributed by atoms with E-state index < -0.39 is 11.7 Å². The number of amides is 1. The van der Waals surface area contributed by atoms with Crippen LogP contribution in [0.25, 0.3) is 0 Å². The molecule has 0 aliphatic rings. The molecule has 0 atom stereocenters. The van der Waals surface area contributed by atoms with E-state index in [2.05, 4.69) is 5.32 Å². The second kappa shape index (κ2) is 9.57. The lowest BCUT2D eigenvalue weighted by atomic mass is 10.2. The molecule has 0 unspecified atom stereocenters. The van der Waals surface area contributed by atoms with Crippen molar-refractivity contribution in [3.8, 4) is 0 Å². The van der Waals surface area contributed by atoms with Gasteiger partial charge in [0.2, 0.25) is 0 Å². The van der Waals surface area contributed by atoms with Crippen molar-refractivity contribution in [1.29, 1.82) is 0 Å². The molecular weight excluding hydrogens is 254 g/mol. The molecule has 19 heavy (non-hydrogen) atoms. The molecule has 0 spiro atoms. The summed E-state index contributed by atoms with van der Waals surface area (Å²) in [5.74, 6) is -0.390. The van der Waals surface area contributed by atoms with E-state index in [4.69, 9.17) is 19.3 Å². The smallest absolute Gasteiger partial charge is 0.404 e. The van der Waals surface area contributed by atoms with Crippen LogP contribution in [0.15, 0.2) is 0 Å². The molecule has 0 aromatic rings. The third kappa shape index (κ3) is 14.6. The second-order valence-corrected chi connectivity index (χ2v) is 4.84. The lowest BCUT2D eigenvalue weighted by Gasteiger charge is -2.19. The topological polar surface area (TPSA) is 94.1 Å². The van der Waals surface area contributed by atoms with E-state index in [1.165, 1.54) is 0 Å². The van der Waals surface area contributed by atoms with E-state index >= 15 is 0 Å². The average molecular weight is 277 g/mol. The fourth-order valence-electron chi connectivity index (χ4n) is 1.12. The molecule has 0 radical (unpaired) electrons. The van der Waals surface area contributed by atoms with Gasteiger partial charge in [-0.2, -0.15) is 0 Å². The summed E-state index contributed by atoms with van der Waals surface area (Å²) in [5.41, 5.74) is -0.499. The van der Waals surface area contributed by atoms with Crippen LogP contribution >= 0.6 is 0 Å². The van der Waals surface area contributed by atoms with Crippen molar-refractivity contribution < 1.29 is 28.9 Å². The van der Waals surface area contributed by atoms with Crippen molar-refractivity contribution in [1.82, 2.24) is 5.32 Å². The standard InChI is InChI=1S/C12H23NO6/c1-12(2,3)19-10(14)9-18-7-4-6-17-8-5-13-11(15)16/h13H,4-9H2,1-3H3,(H,15,16). The van der Waals surface area contributed by atoms with Crippen molar-refractivity contribution in [2.75, 3.05) is 33.0 Å². The Balaban J connectivity index is 3.27. The van der Waals surface area contributed by atoms with Gasteiger partial charge in [-0.05, 0) is 27.2 Å². The molecule has 0 saturated carbocycles. The number of ether oxygens (including phenoxy) is 3. The Morgan fingerprint density at radius 3 is 2.32 bits per heavy atom. The zero-order valence-electron chi connectivity index (χ0n) is 11.7. The summed E-state index contributed by atoms with van der Waals surface area (Å²) < 4.78 is 15.3.